The van der Waals surface area contributed by atoms with Gasteiger partial charge in [0.05, 0.1) is 13.4 Å². The van der Waals surface area contributed by atoms with Crippen LogP contribution in [0.3, 0.4) is 0 Å². The van der Waals surface area contributed by atoms with Crippen molar-refractivity contribution in [3.05, 3.63) is 59.7 Å². The minimum Gasteiger partial charge on any atom is -0.497 e. The lowest BCUT2D eigenvalue weighted by Gasteiger charge is -2.07. The maximum absolute atomic E-state index is 12.1. The standard InChI is InChI=1S/C18H22N2O4S/c1-24-17-11-5-14(6-12-17)4-3-13-19-18(21)15-7-9-16(10-8-15)20-25(2,22)23/h5-12,20H,3-4,13H2,1-2H3,(H,19,21). The highest BCUT2D eigenvalue weighted by Gasteiger charge is 2.06. The molecule has 0 fully saturated rings. The third-order valence-corrected chi connectivity index (χ3v) is 4.14. The van der Waals surface area contributed by atoms with Gasteiger partial charge in [0.15, 0.2) is 0 Å². The van der Waals surface area contributed by atoms with E-state index in [1.165, 1.54) is 5.56 Å². The van der Waals surface area contributed by atoms with Gasteiger partial charge in [-0.25, -0.2) is 8.42 Å². The van der Waals surface area contributed by atoms with E-state index in [1.54, 1.807) is 31.4 Å². The lowest BCUT2D eigenvalue weighted by atomic mass is 10.1. The van der Waals surface area contributed by atoms with Crippen molar-refractivity contribution in [2.24, 2.45) is 0 Å². The van der Waals surface area contributed by atoms with Crippen molar-refractivity contribution in [1.29, 1.82) is 0 Å². The quantitative estimate of drug-likeness (QED) is 0.707. The highest BCUT2D eigenvalue weighted by atomic mass is 32.2. The van der Waals surface area contributed by atoms with Crippen molar-refractivity contribution in [3.63, 3.8) is 0 Å². The van der Waals surface area contributed by atoms with Gasteiger partial charge in [0.25, 0.3) is 5.91 Å². The molecule has 6 nitrogen and oxygen atoms in total. The van der Waals surface area contributed by atoms with Gasteiger partial charge >= 0.3 is 0 Å². The van der Waals surface area contributed by atoms with Crippen LogP contribution in [-0.2, 0) is 16.4 Å². The Labute approximate surface area is 148 Å². The largest absolute Gasteiger partial charge is 0.497 e. The van der Waals surface area contributed by atoms with E-state index in [-0.39, 0.29) is 5.91 Å². The molecular weight excluding hydrogens is 340 g/mol. The fourth-order valence-corrected chi connectivity index (χ4v) is 2.86. The van der Waals surface area contributed by atoms with Gasteiger partial charge in [-0.05, 0) is 54.8 Å². The lowest BCUT2D eigenvalue weighted by Crippen LogP contribution is -2.24. The number of hydrogen-bond donors (Lipinski definition) is 2. The Morgan fingerprint density at radius 3 is 2.24 bits per heavy atom. The van der Waals surface area contributed by atoms with Crippen molar-refractivity contribution in [3.8, 4) is 5.75 Å². The Hall–Kier alpha value is -2.54. The average molecular weight is 362 g/mol. The van der Waals surface area contributed by atoms with Crippen LogP contribution >= 0.6 is 0 Å². The minimum absolute atomic E-state index is 0.180. The Bertz CT molecular complexity index is 800. The molecule has 2 aromatic carbocycles. The van der Waals surface area contributed by atoms with Crippen LogP contribution in [0.25, 0.3) is 0 Å². The summed E-state index contributed by atoms with van der Waals surface area (Å²) < 4.78 is 29.8. The van der Waals surface area contributed by atoms with Gasteiger partial charge in [0.1, 0.15) is 5.75 Å². The van der Waals surface area contributed by atoms with Crippen molar-refractivity contribution < 1.29 is 17.9 Å². The molecule has 0 unspecified atom stereocenters. The van der Waals surface area contributed by atoms with Gasteiger partial charge in [0, 0.05) is 17.8 Å². The first kappa shape index (κ1) is 18.8. The van der Waals surface area contributed by atoms with Crippen molar-refractivity contribution in [2.45, 2.75) is 12.8 Å². The number of sulfonamides is 1. The summed E-state index contributed by atoms with van der Waals surface area (Å²) in [5.74, 6) is 0.645. The molecule has 25 heavy (non-hydrogen) atoms. The molecule has 0 spiro atoms. The molecular formula is C18H22N2O4S. The first-order valence-electron chi connectivity index (χ1n) is 7.86. The number of ether oxygens (including phenoxy) is 1. The maximum atomic E-state index is 12.1. The van der Waals surface area contributed by atoms with Gasteiger partial charge in [0.2, 0.25) is 10.0 Å². The zero-order chi connectivity index (χ0) is 18.3. The summed E-state index contributed by atoms with van der Waals surface area (Å²) in [6, 6.07) is 14.2. The molecule has 0 saturated carbocycles. The zero-order valence-corrected chi connectivity index (χ0v) is 15.1. The number of aryl methyl sites for hydroxylation is 1. The molecule has 0 bridgehead atoms. The maximum Gasteiger partial charge on any atom is 0.251 e. The minimum atomic E-state index is -3.32. The Kier molecular flexibility index (Phi) is 6.41. The van der Waals surface area contributed by atoms with Crippen LogP contribution in [0.1, 0.15) is 22.3 Å². The fourth-order valence-electron chi connectivity index (χ4n) is 2.29. The van der Waals surface area contributed by atoms with Crippen LogP contribution in [0.5, 0.6) is 5.75 Å². The molecule has 2 aromatic rings. The lowest BCUT2D eigenvalue weighted by molar-refractivity contribution is 0.0953. The van der Waals surface area contributed by atoms with Crippen molar-refractivity contribution >= 4 is 21.6 Å². The molecule has 0 saturated heterocycles. The van der Waals surface area contributed by atoms with Crippen LogP contribution in [-0.4, -0.2) is 34.2 Å². The van der Waals surface area contributed by atoms with Gasteiger partial charge in [-0.3, -0.25) is 9.52 Å². The van der Waals surface area contributed by atoms with Crippen LogP contribution in [0, 0.1) is 0 Å². The number of rotatable bonds is 8. The predicted molar refractivity (Wildman–Crippen MR) is 98.6 cm³/mol. The van der Waals surface area contributed by atoms with Crippen LogP contribution < -0.4 is 14.8 Å². The summed E-state index contributed by atoms with van der Waals surface area (Å²) in [4.78, 5) is 12.1. The van der Waals surface area contributed by atoms with E-state index in [0.29, 0.717) is 17.8 Å². The fraction of sp³-hybridized carbons (Fsp3) is 0.278. The van der Waals surface area contributed by atoms with E-state index >= 15 is 0 Å². The monoisotopic (exact) mass is 362 g/mol. The number of anilines is 1. The van der Waals surface area contributed by atoms with E-state index in [0.717, 1.165) is 24.8 Å². The number of amides is 1. The molecule has 134 valence electrons. The van der Waals surface area contributed by atoms with Crippen molar-refractivity contribution in [2.75, 3.05) is 24.6 Å². The van der Waals surface area contributed by atoms with Crippen LogP contribution in [0.15, 0.2) is 48.5 Å². The first-order valence-corrected chi connectivity index (χ1v) is 9.75. The first-order chi connectivity index (χ1) is 11.9. The van der Waals surface area contributed by atoms with Crippen LogP contribution in [0.4, 0.5) is 5.69 Å². The smallest absolute Gasteiger partial charge is 0.251 e. The third-order valence-electron chi connectivity index (χ3n) is 3.54. The summed E-state index contributed by atoms with van der Waals surface area (Å²) in [6.45, 7) is 0.564. The van der Waals surface area contributed by atoms with Crippen molar-refractivity contribution in [1.82, 2.24) is 5.32 Å². The highest BCUT2D eigenvalue weighted by molar-refractivity contribution is 7.92. The second-order valence-electron chi connectivity index (χ2n) is 5.66. The summed E-state index contributed by atoms with van der Waals surface area (Å²) in [6.07, 6.45) is 2.77. The number of nitrogens with one attached hydrogen (secondary N) is 2. The third kappa shape index (κ3) is 6.46. The van der Waals surface area contributed by atoms with E-state index in [2.05, 4.69) is 10.0 Å². The van der Waals surface area contributed by atoms with E-state index < -0.39 is 10.0 Å². The number of benzene rings is 2. The number of hydrogen-bond acceptors (Lipinski definition) is 4. The molecule has 2 N–H and O–H groups in total. The van der Waals surface area contributed by atoms with Gasteiger partial charge < -0.3 is 10.1 Å². The second kappa shape index (κ2) is 8.53. The highest BCUT2D eigenvalue weighted by Crippen LogP contribution is 2.13. The zero-order valence-electron chi connectivity index (χ0n) is 14.3. The Balaban J connectivity index is 1.77. The average Bonchev–Trinajstić information content (AvgIpc) is 2.58. The van der Waals surface area contributed by atoms with E-state index in [4.69, 9.17) is 4.74 Å². The molecule has 0 aliphatic carbocycles. The molecule has 1 amide bonds. The predicted octanol–water partition coefficient (Wildman–Crippen LogP) is 2.43. The summed E-state index contributed by atoms with van der Waals surface area (Å²) in [5.41, 5.74) is 2.10. The van der Waals surface area contributed by atoms with Gasteiger partial charge in [-0.1, -0.05) is 12.1 Å². The molecule has 0 aromatic heterocycles. The topological polar surface area (TPSA) is 84.5 Å². The molecule has 0 aliphatic heterocycles. The SMILES string of the molecule is COc1ccc(CCCNC(=O)c2ccc(NS(C)(=O)=O)cc2)cc1. The van der Waals surface area contributed by atoms with Crippen LogP contribution in [0.2, 0.25) is 0 Å². The number of methoxy groups -OCH3 is 1. The Morgan fingerprint density at radius 1 is 1.04 bits per heavy atom. The summed E-state index contributed by atoms with van der Waals surface area (Å²) >= 11 is 0. The molecule has 0 radical (unpaired) electrons. The van der Waals surface area contributed by atoms with E-state index in [1.807, 2.05) is 24.3 Å². The van der Waals surface area contributed by atoms with Gasteiger partial charge in [-0.2, -0.15) is 0 Å². The molecule has 7 heteroatoms. The van der Waals surface area contributed by atoms with E-state index in [9.17, 15) is 13.2 Å². The molecule has 0 heterocycles. The second-order valence-corrected chi connectivity index (χ2v) is 7.41. The number of carbonyl (C=O) groups is 1. The Morgan fingerprint density at radius 2 is 1.68 bits per heavy atom. The summed E-state index contributed by atoms with van der Waals surface area (Å²) in [7, 11) is -1.68. The molecule has 2 rings (SSSR count). The van der Waals surface area contributed by atoms with Gasteiger partial charge in [-0.15, -0.1) is 0 Å². The molecule has 0 atom stereocenters. The normalized spacial score (nSPS) is 11.0. The number of carbonyl (C=O) groups excluding carboxylic acids is 1. The summed E-state index contributed by atoms with van der Waals surface area (Å²) in [5, 5.41) is 2.86. The molecule has 0 aliphatic rings.